The quantitative estimate of drug-likeness (QED) is 0.0236. The van der Waals surface area contributed by atoms with Crippen LogP contribution in [-0.4, -0.2) is 96.8 Å². The third kappa shape index (κ3) is 41.1. The fraction of sp³-hybridized carbons (Fsp3) is 0.594. The summed E-state index contributed by atoms with van der Waals surface area (Å²) >= 11 is 6.72. The molecule has 0 saturated heterocycles. The molecule has 0 fully saturated rings. The molecule has 2 N–H and O–H groups in total. The average Bonchev–Trinajstić information content (AvgIpc) is 4.04. The minimum absolute atomic E-state index is 0. The number of fused-ring (bicyclic) bond motifs is 2. The fourth-order valence-corrected chi connectivity index (χ4v) is 95.8. The molecule has 39 heteroatoms. The summed E-state index contributed by atoms with van der Waals surface area (Å²) in [5, 5.41) is 22.4. The molecular formula is C32H71Br2K2N6O12P17. The zero-order valence-electron chi connectivity index (χ0n) is 41.3. The number of rotatable bonds is 14. The van der Waals surface area contributed by atoms with Crippen molar-refractivity contribution in [2.75, 3.05) is 31.8 Å². The SMILES string of the molecule is C.CC(Br)CCBr.CCOC(=O)c1cc(=O)[nH][nH]1.CCOC(=O)c1cc2n(n1)C(C)CCO2.CCOC(=O)c1cc2n(n1)CCC(C)O2.O=CO[O-].PP(P)P(P)P(P)P.PPP(P(P)P)P(P)P.[H-].[K+].[K+]. The number of esters is 3. The predicted octanol–water partition coefficient (Wildman–Crippen LogP) is 7.28. The fourth-order valence-electron chi connectivity index (χ4n) is 4.26. The van der Waals surface area contributed by atoms with Crippen LogP contribution in [0.2, 0.25) is 0 Å². The van der Waals surface area contributed by atoms with E-state index >= 15 is 0 Å². The van der Waals surface area contributed by atoms with E-state index in [1.54, 1.807) is 42.3 Å². The molecule has 3 aromatic heterocycles. The van der Waals surface area contributed by atoms with Crippen LogP contribution in [0.3, 0.4) is 0 Å². The summed E-state index contributed by atoms with van der Waals surface area (Å²) in [7, 11) is 30.0. The summed E-state index contributed by atoms with van der Waals surface area (Å²) < 4.78 is 28.7. The molecule has 2 aliphatic heterocycles. The van der Waals surface area contributed by atoms with Gasteiger partial charge < -0.3 is 35.3 Å². The molecular weight excluding hydrogens is 1420 g/mol. The number of aromatic nitrogens is 6. The molecule has 0 spiro atoms. The Morgan fingerprint density at radius 3 is 1.69 bits per heavy atom. The normalized spacial score (nSPS) is 14.2. The van der Waals surface area contributed by atoms with Gasteiger partial charge in [-0.05, 0) is 83.0 Å². The minimum Gasteiger partial charge on any atom is -1.00 e. The number of carbonyl (C=O) groups excluding carboxylic acids is 4. The van der Waals surface area contributed by atoms with Crippen molar-refractivity contribution in [3.8, 4) is 11.8 Å². The van der Waals surface area contributed by atoms with Crippen LogP contribution < -0.4 is 123 Å². The number of ether oxygens (including phenoxy) is 5. The Morgan fingerprint density at radius 1 is 0.873 bits per heavy atom. The summed E-state index contributed by atoms with van der Waals surface area (Å²) in [6, 6.07) is 4.69. The van der Waals surface area contributed by atoms with Crippen LogP contribution in [0.25, 0.3) is 0 Å². The maximum Gasteiger partial charge on any atom is 1.00 e. The molecule has 5 heterocycles. The summed E-state index contributed by atoms with van der Waals surface area (Å²) in [6.07, 6.45) is 3.22. The molecule has 71 heavy (non-hydrogen) atoms. The van der Waals surface area contributed by atoms with E-state index in [2.05, 4.69) is 158 Å². The summed E-state index contributed by atoms with van der Waals surface area (Å²) in [4.78, 5) is 56.1. The Labute approximate surface area is 554 Å². The first kappa shape index (κ1) is 86.2. The van der Waals surface area contributed by atoms with Gasteiger partial charge in [-0.15, -0.1) is 89.3 Å². The van der Waals surface area contributed by atoms with Gasteiger partial charge in [-0.3, -0.25) is 19.8 Å². The Bertz CT molecular complexity index is 1910. The van der Waals surface area contributed by atoms with Crippen LogP contribution in [0.5, 0.6) is 11.8 Å². The van der Waals surface area contributed by atoms with Gasteiger partial charge in [-0.1, -0.05) is 54.2 Å². The molecule has 0 bridgehead atoms. The van der Waals surface area contributed by atoms with E-state index < -0.39 is 17.9 Å². The topological polar surface area (TPSA) is 231 Å². The Morgan fingerprint density at radius 2 is 1.35 bits per heavy atom. The van der Waals surface area contributed by atoms with Crippen molar-refractivity contribution in [3.05, 3.63) is 45.6 Å². The molecule has 0 saturated carbocycles. The van der Waals surface area contributed by atoms with Crippen molar-refractivity contribution >= 4 is 195 Å². The van der Waals surface area contributed by atoms with Crippen LogP contribution in [-0.2, 0) is 30.4 Å². The maximum absolute atomic E-state index is 11.4. The number of H-pyrrole nitrogens is 2. The molecule has 0 aromatic carbocycles. The largest absolute Gasteiger partial charge is 1.00 e. The van der Waals surface area contributed by atoms with Crippen LogP contribution in [0.4, 0.5) is 0 Å². The summed E-state index contributed by atoms with van der Waals surface area (Å²) in [5.74, 6) is -0.00897. The standard InChI is InChI=1S/2C10H14N2O3.C6H8N2O3.C4H8Br2.CH2O3.CH4.2K.H11P9.H10P8.H/c1-3-14-10(13)8-6-9-12(11-8)7(2)4-5-15-9;1-3-14-10(13)8-6-9-12(11-8)5-4-7(2)15-9;1-2-11-6(10)4-3-5(9)8-7-4;1-4(6)2-3-5;2-1-4-3;;;;1-6-9(7(2)3)8(4)5;1-6(2)8(5)7(3)4;/h2*6-7H,3-5H2,1-2H3;3H,2H2,1H3,(H2,7,8,9);4H,2-3H2,1H3;1,3H;1H4;;;6H,1-5H2;1-5H2;/q;;;;;;2*+1;;;-1/p-1. The summed E-state index contributed by atoms with van der Waals surface area (Å²) in [6.45, 7) is 14.9. The van der Waals surface area contributed by atoms with Crippen molar-refractivity contribution in [1.29, 1.82) is 0 Å². The van der Waals surface area contributed by atoms with Gasteiger partial charge in [0.1, 0.15) is 5.69 Å². The smallest absolute Gasteiger partial charge is 1.00 e. The molecule has 5 rings (SSSR count). The second kappa shape index (κ2) is 53.2. The van der Waals surface area contributed by atoms with Crippen LogP contribution in [0.15, 0.2) is 23.0 Å². The van der Waals surface area contributed by atoms with E-state index in [4.69, 9.17) is 29.0 Å². The number of aryl methyl sites for hydroxylation is 1. The van der Waals surface area contributed by atoms with E-state index in [0.29, 0.717) is 61.4 Å². The zero-order valence-corrected chi connectivity index (χ0v) is 67.6. The number of carbonyl (C=O) groups is 4. The van der Waals surface area contributed by atoms with Gasteiger partial charge >= 0.3 is 121 Å². The van der Waals surface area contributed by atoms with Crippen molar-refractivity contribution in [2.45, 2.75) is 91.7 Å². The van der Waals surface area contributed by atoms with Crippen LogP contribution in [0, 0.1) is 0 Å². The van der Waals surface area contributed by atoms with Gasteiger partial charge in [0.2, 0.25) is 11.8 Å². The molecule has 0 amide bonds. The van der Waals surface area contributed by atoms with E-state index in [9.17, 15) is 19.2 Å². The van der Waals surface area contributed by atoms with Crippen LogP contribution >= 0.6 is 171 Å². The zero-order chi connectivity index (χ0) is 52.5. The van der Waals surface area contributed by atoms with Gasteiger partial charge in [-0.2, -0.15) is 10.2 Å². The van der Waals surface area contributed by atoms with Gasteiger partial charge in [0.15, 0.2) is 11.4 Å². The van der Waals surface area contributed by atoms with E-state index in [0.717, 1.165) is 38.7 Å². The van der Waals surface area contributed by atoms with Crippen LogP contribution in [0.1, 0.15) is 107 Å². The monoisotopic (exact) mass is 1490 g/mol. The van der Waals surface area contributed by atoms with Crippen molar-refractivity contribution in [3.63, 3.8) is 0 Å². The predicted molar refractivity (Wildman–Crippen MR) is 342 cm³/mol. The third-order valence-corrected chi connectivity index (χ3v) is 90.4. The molecule has 3 aromatic rings. The van der Waals surface area contributed by atoms with Gasteiger partial charge in [-0.25, -0.2) is 23.7 Å². The maximum atomic E-state index is 11.4. The number of halogens is 2. The number of aromatic amines is 2. The Kier molecular flexibility index (Phi) is 64.5. The molecule has 14 unspecified atom stereocenters. The Hall–Kier alpha value is 6.41. The first-order valence-corrected chi connectivity index (χ1v) is 50.8. The molecule has 402 valence electrons. The molecule has 0 radical (unpaired) electrons. The van der Waals surface area contributed by atoms with Gasteiger partial charge in [0, 0.05) is 47.7 Å². The first-order valence-electron chi connectivity index (χ1n) is 19.7. The number of alkyl halides is 2. The Balaban J connectivity index is -0.000000181. The summed E-state index contributed by atoms with van der Waals surface area (Å²) in [5.41, 5.74) is 0.450. The number of nitrogens with one attached hydrogen (secondary N) is 2. The molecule has 0 aliphatic carbocycles. The minimum atomic E-state index is -0.522. The number of hydrogen-bond acceptors (Lipinski definition) is 14. The number of nitrogens with zero attached hydrogens (tertiary/aromatic N) is 4. The number of hydrogen-bond donors (Lipinski definition) is 2. The van der Waals surface area contributed by atoms with Crippen molar-refractivity contribution in [1.82, 2.24) is 29.8 Å². The van der Waals surface area contributed by atoms with Crippen molar-refractivity contribution < 1.29 is 157 Å². The first-order chi connectivity index (χ1) is 32.0. The third-order valence-electron chi connectivity index (χ3n) is 7.35. The van der Waals surface area contributed by atoms with E-state index in [1.807, 2.05) is 13.8 Å². The molecule has 18 nitrogen and oxygen atoms in total. The van der Waals surface area contributed by atoms with Gasteiger partial charge in [0.05, 0.1) is 38.6 Å². The second-order valence-corrected chi connectivity index (χ2v) is 73.7. The van der Waals surface area contributed by atoms with E-state index in [-0.39, 0.29) is 176 Å². The molecule has 2 aliphatic rings. The molecule has 14 atom stereocenters. The second-order valence-electron chi connectivity index (χ2n) is 12.7. The van der Waals surface area contributed by atoms with Crippen molar-refractivity contribution in [2.24, 2.45) is 0 Å². The van der Waals surface area contributed by atoms with Gasteiger partial charge in [0.25, 0.3) is 12.0 Å². The average molecular weight is 1500 g/mol. The van der Waals surface area contributed by atoms with E-state index in [1.165, 1.54) is 6.42 Å².